The van der Waals surface area contributed by atoms with Gasteiger partial charge in [-0.25, -0.2) is 10.4 Å². The van der Waals surface area contributed by atoms with Gasteiger partial charge in [0.15, 0.2) is 5.16 Å². The third-order valence-corrected chi connectivity index (χ3v) is 6.52. The number of para-hydroxylation sites is 2. The number of carbonyl (C=O) groups is 1. The minimum atomic E-state index is -0.239. The quantitative estimate of drug-likeness (QED) is 0.183. The van der Waals surface area contributed by atoms with Gasteiger partial charge in [0.05, 0.1) is 39.6 Å². The first kappa shape index (κ1) is 22.7. The Bertz CT molecular complexity index is 1290. The fraction of sp³-hybridized carbons (Fsp3) is 0.0870. The van der Waals surface area contributed by atoms with Crippen molar-refractivity contribution in [3.8, 4) is 0 Å². The van der Waals surface area contributed by atoms with Crippen molar-refractivity contribution >= 4 is 69.7 Å². The van der Waals surface area contributed by atoms with E-state index in [0.29, 0.717) is 21.6 Å². The molecule has 0 atom stereocenters. The number of halogens is 3. The highest BCUT2D eigenvalue weighted by Crippen LogP contribution is 2.26. The number of rotatable bonds is 7. The number of nitrogens with zero attached hydrogens (tertiary/aromatic N) is 3. The molecule has 3 aromatic carbocycles. The Kier molecular flexibility index (Phi) is 7.37. The Hall–Kier alpha value is -2.51. The molecule has 1 N–H and O–H groups in total. The standard InChI is InChI=1S/C23H17Cl3N4OS/c24-17-8-5-15(6-9-17)13-30-21-4-2-1-3-20(21)28-23(30)32-14-22(31)29-27-12-16-7-10-18(25)19(26)11-16/h1-12H,13-14H2,(H,29,31)/b27-12-. The lowest BCUT2D eigenvalue weighted by Gasteiger charge is -2.09. The molecular weight excluding hydrogens is 487 g/mol. The van der Waals surface area contributed by atoms with Gasteiger partial charge in [-0.3, -0.25) is 4.79 Å². The van der Waals surface area contributed by atoms with Gasteiger partial charge in [0.25, 0.3) is 5.91 Å². The Morgan fingerprint density at radius 2 is 1.81 bits per heavy atom. The average molecular weight is 504 g/mol. The second-order valence-electron chi connectivity index (χ2n) is 6.85. The number of amides is 1. The van der Waals surface area contributed by atoms with E-state index in [0.717, 1.165) is 27.3 Å². The average Bonchev–Trinajstić information content (AvgIpc) is 3.14. The molecule has 0 unspecified atom stereocenters. The first-order chi connectivity index (χ1) is 15.5. The van der Waals surface area contributed by atoms with Crippen LogP contribution < -0.4 is 5.43 Å². The highest BCUT2D eigenvalue weighted by Gasteiger charge is 2.13. The molecule has 0 aliphatic rings. The van der Waals surface area contributed by atoms with Gasteiger partial charge in [-0.2, -0.15) is 5.10 Å². The number of nitrogens with one attached hydrogen (secondary N) is 1. The molecule has 162 valence electrons. The van der Waals surface area contributed by atoms with Crippen molar-refractivity contribution in [2.75, 3.05) is 5.75 Å². The SMILES string of the molecule is O=C(CSc1nc2ccccc2n1Cc1ccc(Cl)cc1)N/N=C\c1ccc(Cl)c(Cl)c1. The van der Waals surface area contributed by atoms with Crippen molar-refractivity contribution in [1.82, 2.24) is 15.0 Å². The van der Waals surface area contributed by atoms with Crippen molar-refractivity contribution in [2.24, 2.45) is 5.10 Å². The highest BCUT2D eigenvalue weighted by molar-refractivity contribution is 7.99. The summed E-state index contributed by atoms with van der Waals surface area (Å²) < 4.78 is 2.09. The number of fused-ring (bicyclic) bond motifs is 1. The summed E-state index contributed by atoms with van der Waals surface area (Å²) in [4.78, 5) is 17.0. The Labute approximate surface area is 204 Å². The van der Waals surface area contributed by atoms with Crippen LogP contribution in [0.15, 0.2) is 77.0 Å². The fourth-order valence-corrected chi connectivity index (χ4v) is 4.26. The van der Waals surface area contributed by atoms with E-state index < -0.39 is 0 Å². The third kappa shape index (κ3) is 5.64. The van der Waals surface area contributed by atoms with E-state index in [9.17, 15) is 4.79 Å². The predicted molar refractivity (Wildman–Crippen MR) is 133 cm³/mol. The second-order valence-corrected chi connectivity index (χ2v) is 9.04. The lowest BCUT2D eigenvalue weighted by Crippen LogP contribution is -2.20. The molecule has 1 amide bonds. The lowest BCUT2D eigenvalue weighted by molar-refractivity contribution is -0.118. The topological polar surface area (TPSA) is 59.3 Å². The van der Waals surface area contributed by atoms with Crippen molar-refractivity contribution in [3.05, 3.63) is 92.9 Å². The molecule has 4 aromatic rings. The summed E-state index contributed by atoms with van der Waals surface area (Å²) in [6, 6.07) is 20.7. The van der Waals surface area contributed by atoms with Crippen LogP contribution >= 0.6 is 46.6 Å². The lowest BCUT2D eigenvalue weighted by atomic mass is 10.2. The minimum Gasteiger partial charge on any atom is -0.314 e. The van der Waals surface area contributed by atoms with Gasteiger partial charge in [-0.1, -0.05) is 76.9 Å². The summed E-state index contributed by atoms with van der Waals surface area (Å²) in [5, 5.41) is 6.32. The molecule has 1 heterocycles. The zero-order valence-electron chi connectivity index (χ0n) is 16.6. The Morgan fingerprint density at radius 1 is 1.03 bits per heavy atom. The molecule has 4 rings (SSSR count). The van der Waals surface area contributed by atoms with Crippen LogP contribution in [0.1, 0.15) is 11.1 Å². The molecule has 32 heavy (non-hydrogen) atoms. The highest BCUT2D eigenvalue weighted by atomic mass is 35.5. The van der Waals surface area contributed by atoms with E-state index in [1.807, 2.05) is 48.5 Å². The third-order valence-electron chi connectivity index (χ3n) is 4.55. The second kappa shape index (κ2) is 10.4. The summed E-state index contributed by atoms with van der Waals surface area (Å²) in [6.07, 6.45) is 1.51. The van der Waals surface area contributed by atoms with Crippen LogP contribution in [-0.2, 0) is 11.3 Å². The van der Waals surface area contributed by atoms with Crippen molar-refractivity contribution in [1.29, 1.82) is 0 Å². The monoisotopic (exact) mass is 502 g/mol. The van der Waals surface area contributed by atoms with E-state index in [1.165, 1.54) is 18.0 Å². The van der Waals surface area contributed by atoms with Gasteiger partial charge in [0, 0.05) is 5.02 Å². The van der Waals surface area contributed by atoms with Crippen LogP contribution in [0, 0.1) is 0 Å². The largest absolute Gasteiger partial charge is 0.314 e. The minimum absolute atomic E-state index is 0.169. The number of carbonyl (C=O) groups excluding carboxylic acids is 1. The predicted octanol–water partition coefficient (Wildman–Crippen LogP) is 6.29. The number of hydrogen-bond acceptors (Lipinski definition) is 4. The Balaban J connectivity index is 1.44. The molecule has 0 fully saturated rings. The van der Waals surface area contributed by atoms with E-state index >= 15 is 0 Å². The van der Waals surface area contributed by atoms with Gasteiger partial charge in [-0.15, -0.1) is 0 Å². The van der Waals surface area contributed by atoms with Crippen LogP contribution in [0.5, 0.6) is 0 Å². The van der Waals surface area contributed by atoms with Crippen LogP contribution in [0.4, 0.5) is 0 Å². The fourth-order valence-electron chi connectivity index (χ4n) is 3.02. The molecule has 0 saturated heterocycles. The smallest absolute Gasteiger partial charge is 0.250 e. The molecule has 0 aliphatic carbocycles. The van der Waals surface area contributed by atoms with Gasteiger partial charge in [0.1, 0.15) is 0 Å². The van der Waals surface area contributed by atoms with Gasteiger partial charge < -0.3 is 4.57 Å². The van der Waals surface area contributed by atoms with E-state index in [1.54, 1.807) is 18.2 Å². The molecule has 0 spiro atoms. The zero-order chi connectivity index (χ0) is 22.5. The van der Waals surface area contributed by atoms with Crippen LogP contribution in [0.3, 0.4) is 0 Å². The zero-order valence-corrected chi connectivity index (χ0v) is 19.7. The van der Waals surface area contributed by atoms with Gasteiger partial charge in [-0.05, 0) is 47.5 Å². The van der Waals surface area contributed by atoms with E-state index in [2.05, 4.69) is 15.1 Å². The maximum atomic E-state index is 12.3. The number of aromatic nitrogens is 2. The number of imidazole rings is 1. The summed E-state index contributed by atoms with van der Waals surface area (Å²) in [5.41, 5.74) is 6.23. The van der Waals surface area contributed by atoms with Crippen molar-refractivity contribution < 1.29 is 4.79 Å². The first-order valence-electron chi connectivity index (χ1n) is 9.59. The maximum Gasteiger partial charge on any atom is 0.250 e. The van der Waals surface area contributed by atoms with Crippen molar-refractivity contribution in [2.45, 2.75) is 11.7 Å². The molecule has 0 saturated carbocycles. The van der Waals surface area contributed by atoms with Crippen molar-refractivity contribution in [3.63, 3.8) is 0 Å². The van der Waals surface area contributed by atoms with Gasteiger partial charge >= 0.3 is 0 Å². The van der Waals surface area contributed by atoms with Gasteiger partial charge in [0.2, 0.25) is 0 Å². The Morgan fingerprint density at radius 3 is 2.59 bits per heavy atom. The first-order valence-corrected chi connectivity index (χ1v) is 11.7. The summed E-state index contributed by atoms with van der Waals surface area (Å²) >= 11 is 19.3. The maximum absolute atomic E-state index is 12.3. The van der Waals surface area contributed by atoms with E-state index in [4.69, 9.17) is 39.8 Å². The number of benzene rings is 3. The molecule has 0 aliphatic heterocycles. The van der Waals surface area contributed by atoms with Crippen LogP contribution in [0.25, 0.3) is 11.0 Å². The molecule has 1 aromatic heterocycles. The summed E-state index contributed by atoms with van der Waals surface area (Å²) in [5.74, 6) is -0.0701. The number of hydrazone groups is 1. The normalized spacial score (nSPS) is 11.3. The molecule has 5 nitrogen and oxygen atoms in total. The molecule has 0 bridgehead atoms. The van der Waals surface area contributed by atoms with Crippen LogP contribution in [-0.4, -0.2) is 27.4 Å². The molecular formula is C23H17Cl3N4OS. The molecule has 9 heteroatoms. The van der Waals surface area contributed by atoms with E-state index in [-0.39, 0.29) is 11.7 Å². The summed E-state index contributed by atoms with van der Waals surface area (Å²) in [6.45, 7) is 0.622. The number of thioether (sulfide) groups is 1. The summed E-state index contributed by atoms with van der Waals surface area (Å²) in [7, 11) is 0. The molecule has 0 radical (unpaired) electrons. The van der Waals surface area contributed by atoms with Crippen LogP contribution in [0.2, 0.25) is 15.1 Å². The number of hydrogen-bond donors (Lipinski definition) is 1.